The maximum absolute atomic E-state index is 5.66. The molecule has 0 saturated carbocycles. The van der Waals surface area contributed by atoms with Crippen molar-refractivity contribution >= 4 is 38.5 Å². The van der Waals surface area contributed by atoms with Crippen molar-refractivity contribution in [2.24, 2.45) is 5.84 Å². The van der Waals surface area contributed by atoms with Crippen LogP contribution >= 0.6 is 38.5 Å². The quantitative estimate of drug-likeness (QED) is 0.452. The van der Waals surface area contributed by atoms with Crippen LogP contribution in [0.1, 0.15) is 17.2 Å². The number of rotatable bonds is 4. The van der Waals surface area contributed by atoms with E-state index in [4.69, 9.17) is 5.84 Å². The average molecular weight is 417 g/mol. The first-order valence-electron chi connectivity index (χ1n) is 5.65. The van der Waals surface area contributed by atoms with Crippen LogP contribution in [-0.2, 0) is 6.42 Å². The molecule has 0 heterocycles. The number of hydrogen-bond acceptors (Lipinski definition) is 2. The van der Waals surface area contributed by atoms with Gasteiger partial charge < -0.3 is 0 Å². The second-order valence-corrected chi connectivity index (χ2v) is 6.26. The van der Waals surface area contributed by atoms with Crippen molar-refractivity contribution in [1.29, 1.82) is 0 Å². The third-order valence-electron chi connectivity index (χ3n) is 2.83. The zero-order valence-electron chi connectivity index (χ0n) is 9.74. The van der Waals surface area contributed by atoms with Gasteiger partial charge in [0.15, 0.2) is 0 Å². The van der Waals surface area contributed by atoms with E-state index in [0.29, 0.717) is 0 Å². The minimum absolute atomic E-state index is 0.142. The largest absolute Gasteiger partial charge is 0.271 e. The molecular weight excluding hydrogens is 403 g/mol. The Labute approximate surface area is 129 Å². The van der Waals surface area contributed by atoms with Gasteiger partial charge in [0.25, 0.3) is 0 Å². The van der Waals surface area contributed by atoms with Gasteiger partial charge in [-0.2, -0.15) is 0 Å². The average Bonchev–Trinajstić information content (AvgIpc) is 2.39. The molecule has 0 amide bonds. The molecule has 0 radical (unpaired) electrons. The van der Waals surface area contributed by atoms with E-state index >= 15 is 0 Å². The van der Waals surface area contributed by atoms with Crippen LogP contribution in [0.4, 0.5) is 0 Å². The van der Waals surface area contributed by atoms with Gasteiger partial charge in [0.1, 0.15) is 0 Å². The number of hydrazine groups is 1. The molecule has 4 heteroatoms. The molecule has 18 heavy (non-hydrogen) atoms. The number of nitrogens with two attached hydrogens (primary N) is 1. The van der Waals surface area contributed by atoms with Gasteiger partial charge in [-0.05, 0) is 64.4 Å². The van der Waals surface area contributed by atoms with Gasteiger partial charge in [-0.1, -0.05) is 40.2 Å². The minimum atomic E-state index is 0.142. The van der Waals surface area contributed by atoms with Gasteiger partial charge in [0.05, 0.1) is 0 Å². The molecule has 3 N–H and O–H groups in total. The number of halogens is 2. The monoisotopic (exact) mass is 416 g/mol. The maximum Gasteiger partial charge on any atom is 0.0500 e. The second-order valence-electron chi connectivity index (χ2n) is 4.10. The summed E-state index contributed by atoms with van der Waals surface area (Å²) in [6.45, 7) is 0. The third kappa shape index (κ3) is 3.78. The summed E-state index contributed by atoms with van der Waals surface area (Å²) in [6, 6.07) is 16.9. The fourth-order valence-corrected chi connectivity index (χ4v) is 2.45. The highest BCUT2D eigenvalue weighted by molar-refractivity contribution is 14.1. The second kappa shape index (κ2) is 6.65. The number of hydrogen-bond donors (Lipinski definition) is 2. The van der Waals surface area contributed by atoms with Crippen LogP contribution in [-0.4, -0.2) is 0 Å². The van der Waals surface area contributed by atoms with Crippen molar-refractivity contribution in [3.8, 4) is 0 Å². The zero-order chi connectivity index (χ0) is 13.0. The Morgan fingerprint density at radius 2 is 1.67 bits per heavy atom. The summed E-state index contributed by atoms with van der Waals surface area (Å²) >= 11 is 5.74. The lowest BCUT2D eigenvalue weighted by atomic mass is 10.00. The van der Waals surface area contributed by atoms with Crippen LogP contribution in [0.5, 0.6) is 0 Å². The van der Waals surface area contributed by atoms with E-state index < -0.39 is 0 Å². The highest BCUT2D eigenvalue weighted by Gasteiger charge is 2.10. The Bertz CT molecular complexity index is 496. The standard InChI is InChI=1S/C14H14BrIN2/c15-12-5-1-10(2-6-12)9-14(18-17)11-3-7-13(16)8-4-11/h1-8,14,18H,9,17H2. The molecule has 94 valence electrons. The summed E-state index contributed by atoms with van der Waals surface area (Å²) in [6.07, 6.45) is 0.879. The molecule has 0 aliphatic rings. The van der Waals surface area contributed by atoms with Crippen LogP contribution in [0.2, 0.25) is 0 Å². The van der Waals surface area contributed by atoms with E-state index in [1.54, 1.807) is 0 Å². The van der Waals surface area contributed by atoms with Crippen molar-refractivity contribution in [3.05, 3.63) is 67.7 Å². The molecule has 0 aliphatic carbocycles. The lowest BCUT2D eigenvalue weighted by molar-refractivity contribution is 0.552. The normalized spacial score (nSPS) is 12.4. The van der Waals surface area contributed by atoms with Crippen molar-refractivity contribution in [2.75, 3.05) is 0 Å². The minimum Gasteiger partial charge on any atom is -0.271 e. The Kier molecular flexibility index (Phi) is 5.17. The third-order valence-corrected chi connectivity index (χ3v) is 4.07. The molecule has 2 nitrogen and oxygen atoms in total. The molecule has 0 bridgehead atoms. The Balaban J connectivity index is 2.14. The lowest BCUT2D eigenvalue weighted by Gasteiger charge is -2.16. The summed E-state index contributed by atoms with van der Waals surface area (Å²) < 4.78 is 2.33. The maximum atomic E-state index is 5.66. The van der Waals surface area contributed by atoms with Crippen LogP contribution in [0, 0.1) is 3.57 Å². The first-order valence-corrected chi connectivity index (χ1v) is 7.52. The van der Waals surface area contributed by atoms with Crippen LogP contribution in [0.3, 0.4) is 0 Å². The highest BCUT2D eigenvalue weighted by Crippen LogP contribution is 2.20. The van der Waals surface area contributed by atoms with Crippen LogP contribution in [0.25, 0.3) is 0 Å². The van der Waals surface area contributed by atoms with E-state index in [-0.39, 0.29) is 6.04 Å². The van der Waals surface area contributed by atoms with Crippen molar-refractivity contribution in [3.63, 3.8) is 0 Å². The Morgan fingerprint density at radius 3 is 2.22 bits per heavy atom. The molecule has 0 spiro atoms. The Morgan fingerprint density at radius 1 is 1.06 bits per heavy atom. The van der Waals surface area contributed by atoms with Crippen molar-refractivity contribution < 1.29 is 0 Å². The highest BCUT2D eigenvalue weighted by atomic mass is 127. The van der Waals surface area contributed by atoms with E-state index in [1.165, 1.54) is 14.7 Å². The summed E-state index contributed by atoms with van der Waals surface area (Å²) in [5, 5.41) is 0. The summed E-state index contributed by atoms with van der Waals surface area (Å²) in [7, 11) is 0. The summed E-state index contributed by atoms with van der Waals surface area (Å²) in [5.74, 6) is 5.66. The molecule has 2 aromatic carbocycles. The van der Waals surface area contributed by atoms with Crippen LogP contribution < -0.4 is 11.3 Å². The van der Waals surface area contributed by atoms with Crippen LogP contribution in [0.15, 0.2) is 53.0 Å². The van der Waals surface area contributed by atoms with Crippen molar-refractivity contribution in [1.82, 2.24) is 5.43 Å². The molecule has 0 aliphatic heterocycles. The number of benzene rings is 2. The number of nitrogens with one attached hydrogen (secondary N) is 1. The molecule has 1 atom stereocenters. The smallest absolute Gasteiger partial charge is 0.0500 e. The predicted octanol–water partition coefficient (Wildman–Crippen LogP) is 3.80. The van der Waals surface area contributed by atoms with Gasteiger partial charge in [-0.15, -0.1) is 0 Å². The summed E-state index contributed by atoms with van der Waals surface area (Å²) in [4.78, 5) is 0. The van der Waals surface area contributed by atoms with E-state index in [2.05, 4.69) is 92.5 Å². The SMILES string of the molecule is NNC(Cc1ccc(Br)cc1)c1ccc(I)cc1. The van der Waals surface area contributed by atoms with Gasteiger partial charge in [0, 0.05) is 14.1 Å². The first-order chi connectivity index (χ1) is 8.69. The topological polar surface area (TPSA) is 38.0 Å². The van der Waals surface area contributed by atoms with E-state index in [1.807, 2.05) is 0 Å². The molecule has 0 fully saturated rings. The zero-order valence-corrected chi connectivity index (χ0v) is 13.5. The molecule has 0 saturated heterocycles. The van der Waals surface area contributed by atoms with Gasteiger partial charge in [-0.25, -0.2) is 0 Å². The van der Waals surface area contributed by atoms with E-state index in [9.17, 15) is 0 Å². The lowest BCUT2D eigenvalue weighted by Crippen LogP contribution is -2.29. The van der Waals surface area contributed by atoms with Gasteiger partial charge in [-0.3, -0.25) is 11.3 Å². The molecule has 2 aromatic rings. The summed E-state index contributed by atoms with van der Waals surface area (Å²) in [5.41, 5.74) is 5.36. The fourth-order valence-electron chi connectivity index (χ4n) is 1.82. The fraction of sp³-hybridized carbons (Fsp3) is 0.143. The first kappa shape index (κ1) is 14.0. The molecule has 1 unspecified atom stereocenters. The molecule has 0 aromatic heterocycles. The van der Waals surface area contributed by atoms with Gasteiger partial charge in [0.2, 0.25) is 0 Å². The van der Waals surface area contributed by atoms with E-state index in [0.717, 1.165) is 10.9 Å². The molecule has 2 rings (SSSR count). The van der Waals surface area contributed by atoms with Crippen molar-refractivity contribution in [2.45, 2.75) is 12.5 Å². The van der Waals surface area contributed by atoms with Gasteiger partial charge >= 0.3 is 0 Å². The molecular formula is C14H14BrIN2. The Hall–Kier alpha value is -0.430. The predicted molar refractivity (Wildman–Crippen MR) is 87.1 cm³/mol.